The van der Waals surface area contributed by atoms with Crippen molar-refractivity contribution in [1.82, 2.24) is 0 Å². The number of nitrogens with one attached hydrogen (secondary N) is 2. The Bertz CT molecular complexity index is 632. The molecule has 0 aliphatic rings. The fraction of sp³-hybridized carbons (Fsp3) is 0.0714. The molecule has 0 heterocycles. The zero-order valence-electron chi connectivity index (χ0n) is 10.8. The standard InChI is InChI=1S/C14H14ClN3O2/c1-20-13-8-11(5-6-12(13)16)18-14(19)17-10-4-2-3-9(15)7-10/h2-8H,16H2,1H3,(H2,17,18,19). The van der Waals surface area contributed by atoms with Gasteiger partial charge in [-0.2, -0.15) is 0 Å². The summed E-state index contributed by atoms with van der Waals surface area (Å²) in [7, 11) is 1.52. The molecule has 2 aromatic carbocycles. The highest BCUT2D eigenvalue weighted by molar-refractivity contribution is 6.30. The zero-order chi connectivity index (χ0) is 14.5. The van der Waals surface area contributed by atoms with Gasteiger partial charge in [-0.25, -0.2) is 4.79 Å². The smallest absolute Gasteiger partial charge is 0.323 e. The van der Waals surface area contributed by atoms with E-state index in [-0.39, 0.29) is 6.03 Å². The Hall–Kier alpha value is -2.40. The van der Waals surface area contributed by atoms with E-state index >= 15 is 0 Å². The van der Waals surface area contributed by atoms with E-state index in [1.807, 2.05) is 0 Å². The Kier molecular flexibility index (Phi) is 4.32. The van der Waals surface area contributed by atoms with Gasteiger partial charge in [-0.15, -0.1) is 0 Å². The number of hydrogen-bond donors (Lipinski definition) is 3. The molecule has 2 aromatic rings. The molecule has 2 amide bonds. The van der Waals surface area contributed by atoms with E-state index in [0.29, 0.717) is 27.8 Å². The molecular formula is C14H14ClN3O2. The first kappa shape index (κ1) is 14.0. The van der Waals surface area contributed by atoms with Crippen molar-refractivity contribution in [2.24, 2.45) is 0 Å². The Labute approximate surface area is 121 Å². The maximum absolute atomic E-state index is 11.8. The lowest BCUT2D eigenvalue weighted by molar-refractivity contribution is 0.262. The van der Waals surface area contributed by atoms with Crippen LogP contribution < -0.4 is 21.1 Å². The number of urea groups is 1. The molecule has 0 aromatic heterocycles. The minimum Gasteiger partial charge on any atom is -0.495 e. The molecule has 0 radical (unpaired) electrons. The van der Waals surface area contributed by atoms with E-state index in [2.05, 4.69) is 10.6 Å². The second-order valence-corrected chi connectivity index (χ2v) is 4.48. The summed E-state index contributed by atoms with van der Waals surface area (Å²) in [5, 5.41) is 5.91. The lowest BCUT2D eigenvalue weighted by Crippen LogP contribution is -2.19. The number of halogens is 1. The van der Waals surface area contributed by atoms with E-state index in [4.69, 9.17) is 22.1 Å². The number of rotatable bonds is 3. The van der Waals surface area contributed by atoms with Crippen molar-refractivity contribution in [1.29, 1.82) is 0 Å². The molecular weight excluding hydrogens is 278 g/mol. The number of nitrogens with two attached hydrogens (primary N) is 1. The average molecular weight is 292 g/mol. The molecule has 0 atom stereocenters. The topological polar surface area (TPSA) is 76.4 Å². The minimum atomic E-state index is -0.376. The van der Waals surface area contributed by atoms with Crippen molar-refractivity contribution in [2.45, 2.75) is 0 Å². The van der Waals surface area contributed by atoms with Crippen LogP contribution in [0.5, 0.6) is 5.75 Å². The zero-order valence-corrected chi connectivity index (χ0v) is 11.6. The Morgan fingerprint density at radius 1 is 1.15 bits per heavy atom. The second kappa shape index (κ2) is 6.16. The molecule has 0 aliphatic heterocycles. The Morgan fingerprint density at radius 3 is 2.50 bits per heavy atom. The molecule has 0 saturated heterocycles. The van der Waals surface area contributed by atoms with Crippen LogP contribution in [0.2, 0.25) is 5.02 Å². The van der Waals surface area contributed by atoms with Crippen LogP contribution in [0.3, 0.4) is 0 Å². The molecule has 0 spiro atoms. The third-order valence-electron chi connectivity index (χ3n) is 2.57. The van der Waals surface area contributed by atoms with Crippen LogP contribution in [-0.2, 0) is 0 Å². The van der Waals surface area contributed by atoms with Gasteiger partial charge >= 0.3 is 6.03 Å². The molecule has 20 heavy (non-hydrogen) atoms. The van der Waals surface area contributed by atoms with Gasteiger partial charge in [0.2, 0.25) is 0 Å². The molecule has 6 heteroatoms. The fourth-order valence-corrected chi connectivity index (χ4v) is 1.84. The highest BCUT2D eigenvalue weighted by Gasteiger charge is 2.05. The number of nitrogen functional groups attached to an aromatic ring is 1. The largest absolute Gasteiger partial charge is 0.495 e. The van der Waals surface area contributed by atoms with E-state index in [1.165, 1.54) is 7.11 Å². The van der Waals surface area contributed by atoms with Crippen LogP contribution in [0.1, 0.15) is 0 Å². The Balaban J connectivity index is 2.04. The van der Waals surface area contributed by atoms with Gasteiger partial charge in [-0.05, 0) is 30.3 Å². The first-order chi connectivity index (χ1) is 9.58. The van der Waals surface area contributed by atoms with Gasteiger partial charge in [0.05, 0.1) is 12.8 Å². The van der Waals surface area contributed by atoms with Crippen LogP contribution in [0.25, 0.3) is 0 Å². The third-order valence-corrected chi connectivity index (χ3v) is 2.81. The summed E-state index contributed by atoms with van der Waals surface area (Å²) in [5.74, 6) is 0.505. The van der Waals surface area contributed by atoms with E-state index < -0.39 is 0 Å². The summed E-state index contributed by atoms with van der Waals surface area (Å²) in [6.07, 6.45) is 0. The lowest BCUT2D eigenvalue weighted by atomic mass is 10.2. The van der Waals surface area contributed by atoms with E-state index in [9.17, 15) is 4.79 Å². The summed E-state index contributed by atoms with van der Waals surface area (Å²) in [6, 6.07) is 11.5. The number of methoxy groups -OCH3 is 1. The first-order valence-electron chi connectivity index (χ1n) is 5.85. The molecule has 0 saturated carbocycles. The Morgan fingerprint density at radius 2 is 1.85 bits per heavy atom. The lowest BCUT2D eigenvalue weighted by Gasteiger charge is -2.10. The molecule has 5 nitrogen and oxygen atoms in total. The SMILES string of the molecule is COc1cc(NC(=O)Nc2cccc(Cl)c2)ccc1N. The van der Waals surface area contributed by atoms with Crippen molar-refractivity contribution in [3.63, 3.8) is 0 Å². The number of anilines is 3. The quantitative estimate of drug-likeness (QED) is 0.757. The summed E-state index contributed by atoms with van der Waals surface area (Å²) in [4.78, 5) is 11.8. The number of benzene rings is 2. The number of hydrogen-bond acceptors (Lipinski definition) is 3. The normalized spacial score (nSPS) is 9.90. The van der Waals surface area contributed by atoms with Gasteiger partial charge in [-0.1, -0.05) is 17.7 Å². The highest BCUT2D eigenvalue weighted by Crippen LogP contribution is 2.25. The maximum atomic E-state index is 11.8. The van der Waals surface area contributed by atoms with Crippen molar-refractivity contribution in [2.75, 3.05) is 23.5 Å². The van der Waals surface area contributed by atoms with E-state index in [1.54, 1.807) is 42.5 Å². The van der Waals surface area contributed by atoms with Gasteiger partial charge < -0.3 is 21.1 Å². The number of ether oxygens (including phenoxy) is 1. The average Bonchev–Trinajstić information content (AvgIpc) is 2.41. The summed E-state index contributed by atoms with van der Waals surface area (Å²) < 4.78 is 5.09. The van der Waals surface area contributed by atoms with Crippen molar-refractivity contribution >= 4 is 34.7 Å². The van der Waals surface area contributed by atoms with Crippen LogP contribution in [0, 0.1) is 0 Å². The maximum Gasteiger partial charge on any atom is 0.323 e. The van der Waals surface area contributed by atoms with Crippen LogP contribution in [0.4, 0.5) is 21.9 Å². The predicted octanol–water partition coefficient (Wildman–Crippen LogP) is 3.57. The highest BCUT2D eigenvalue weighted by atomic mass is 35.5. The van der Waals surface area contributed by atoms with Gasteiger partial charge in [0.25, 0.3) is 0 Å². The number of amides is 2. The fourth-order valence-electron chi connectivity index (χ4n) is 1.65. The molecule has 0 aliphatic carbocycles. The van der Waals surface area contributed by atoms with E-state index in [0.717, 1.165) is 0 Å². The molecule has 0 bridgehead atoms. The molecule has 104 valence electrons. The first-order valence-corrected chi connectivity index (χ1v) is 6.23. The molecule has 4 N–H and O–H groups in total. The summed E-state index contributed by atoms with van der Waals surface area (Å²) >= 11 is 5.84. The van der Waals surface area contributed by atoms with Crippen LogP contribution in [-0.4, -0.2) is 13.1 Å². The predicted molar refractivity (Wildman–Crippen MR) is 81.5 cm³/mol. The third kappa shape index (κ3) is 3.55. The molecule has 2 rings (SSSR count). The van der Waals surface area contributed by atoms with Gasteiger partial charge in [0.15, 0.2) is 0 Å². The van der Waals surface area contributed by atoms with Crippen molar-refractivity contribution in [3.05, 3.63) is 47.5 Å². The summed E-state index contributed by atoms with van der Waals surface area (Å²) in [6.45, 7) is 0. The van der Waals surface area contributed by atoms with Gasteiger partial charge in [-0.3, -0.25) is 0 Å². The molecule has 0 unspecified atom stereocenters. The van der Waals surface area contributed by atoms with Crippen molar-refractivity contribution < 1.29 is 9.53 Å². The van der Waals surface area contributed by atoms with Crippen LogP contribution in [0.15, 0.2) is 42.5 Å². The van der Waals surface area contributed by atoms with Crippen molar-refractivity contribution in [3.8, 4) is 5.75 Å². The van der Waals surface area contributed by atoms with Crippen LogP contribution >= 0.6 is 11.6 Å². The monoisotopic (exact) mass is 291 g/mol. The second-order valence-electron chi connectivity index (χ2n) is 4.05. The number of carbonyl (C=O) groups excluding carboxylic acids is 1. The number of carbonyl (C=O) groups is 1. The molecule has 0 fully saturated rings. The minimum absolute atomic E-state index is 0.376. The van der Waals surface area contributed by atoms with Gasteiger partial charge in [0.1, 0.15) is 5.75 Å². The van der Waals surface area contributed by atoms with Gasteiger partial charge in [0, 0.05) is 22.5 Å². The summed E-state index contributed by atoms with van der Waals surface area (Å²) in [5.41, 5.74) is 7.40.